The maximum absolute atomic E-state index is 5.65. The summed E-state index contributed by atoms with van der Waals surface area (Å²) in [6, 6.07) is 0. The minimum atomic E-state index is 0.388. The first-order valence-electron chi connectivity index (χ1n) is 4.38. The van der Waals surface area contributed by atoms with Crippen molar-refractivity contribution in [3.05, 3.63) is 12.7 Å². The highest BCUT2D eigenvalue weighted by atomic mass is 79.9. The summed E-state index contributed by atoms with van der Waals surface area (Å²) in [4.78, 5) is 12.1. The molecule has 2 aromatic heterocycles. The summed E-state index contributed by atoms with van der Waals surface area (Å²) in [5.74, 6) is 0.388. The molecule has 0 aliphatic heterocycles. The molecule has 2 N–H and O–H groups in total. The van der Waals surface area contributed by atoms with Crippen molar-refractivity contribution in [1.82, 2.24) is 19.5 Å². The van der Waals surface area contributed by atoms with Crippen LogP contribution in [0.4, 0.5) is 5.82 Å². The molecule has 0 aromatic carbocycles. The maximum atomic E-state index is 5.65. The van der Waals surface area contributed by atoms with Crippen molar-refractivity contribution >= 4 is 32.9 Å². The van der Waals surface area contributed by atoms with Gasteiger partial charge in [-0.15, -0.1) is 0 Å². The van der Waals surface area contributed by atoms with Crippen LogP contribution in [0, 0.1) is 0 Å². The van der Waals surface area contributed by atoms with Gasteiger partial charge < -0.3 is 10.5 Å². The number of aromatic nitrogens is 4. The molecule has 0 radical (unpaired) electrons. The predicted molar refractivity (Wildman–Crippen MR) is 59.5 cm³/mol. The first-order valence-corrected chi connectivity index (χ1v) is 5.50. The monoisotopic (exact) mass is 271 g/mol. The molecule has 15 heavy (non-hydrogen) atoms. The van der Waals surface area contributed by atoms with Crippen molar-refractivity contribution in [2.24, 2.45) is 0 Å². The highest BCUT2D eigenvalue weighted by molar-refractivity contribution is 9.09. The first-order chi connectivity index (χ1) is 7.33. The second kappa shape index (κ2) is 4.54. The van der Waals surface area contributed by atoms with Crippen LogP contribution in [0.15, 0.2) is 12.7 Å². The zero-order valence-corrected chi connectivity index (χ0v) is 9.51. The van der Waals surface area contributed by atoms with E-state index in [-0.39, 0.29) is 0 Å². The molecule has 6 nitrogen and oxygen atoms in total. The van der Waals surface area contributed by atoms with Gasteiger partial charge in [0.1, 0.15) is 18.6 Å². The Labute approximate surface area is 94.6 Å². The number of nitrogens with two attached hydrogens (primary N) is 1. The maximum Gasteiger partial charge on any atom is 0.167 e. The molecule has 0 saturated heterocycles. The lowest BCUT2D eigenvalue weighted by molar-refractivity contribution is 0.0927. The van der Waals surface area contributed by atoms with Crippen molar-refractivity contribution in [2.45, 2.75) is 6.73 Å². The van der Waals surface area contributed by atoms with Gasteiger partial charge in [0.25, 0.3) is 0 Å². The zero-order chi connectivity index (χ0) is 10.7. The minimum Gasteiger partial charge on any atom is -0.382 e. The predicted octanol–water partition coefficient (Wildman–Crippen LogP) is 0.777. The van der Waals surface area contributed by atoms with Crippen LogP contribution in [0.3, 0.4) is 0 Å². The second-order valence-electron chi connectivity index (χ2n) is 2.87. The van der Waals surface area contributed by atoms with Crippen molar-refractivity contribution < 1.29 is 4.74 Å². The fourth-order valence-electron chi connectivity index (χ4n) is 1.21. The second-order valence-corrected chi connectivity index (χ2v) is 3.66. The third kappa shape index (κ3) is 2.07. The Bertz CT molecular complexity index is 457. The van der Waals surface area contributed by atoms with E-state index in [1.807, 2.05) is 0 Å². The van der Waals surface area contributed by atoms with Crippen LogP contribution >= 0.6 is 15.9 Å². The Morgan fingerprint density at radius 3 is 3.07 bits per heavy atom. The summed E-state index contributed by atoms with van der Waals surface area (Å²) in [6.07, 6.45) is 3.06. The molecule has 0 aliphatic rings. The molecule has 2 heterocycles. The number of ether oxygens (including phenoxy) is 1. The third-order valence-corrected chi connectivity index (χ3v) is 2.21. The number of hydrogen-bond donors (Lipinski definition) is 1. The molecule has 0 amide bonds. The lowest BCUT2D eigenvalue weighted by Crippen LogP contribution is -2.04. The molecular weight excluding hydrogens is 262 g/mol. The van der Waals surface area contributed by atoms with E-state index >= 15 is 0 Å². The molecule has 0 atom stereocenters. The van der Waals surface area contributed by atoms with E-state index in [4.69, 9.17) is 10.5 Å². The van der Waals surface area contributed by atoms with E-state index in [2.05, 4.69) is 30.9 Å². The summed E-state index contributed by atoms with van der Waals surface area (Å²) in [6.45, 7) is 1.05. The van der Waals surface area contributed by atoms with Crippen molar-refractivity contribution in [1.29, 1.82) is 0 Å². The standard InChI is InChI=1S/C8H10BrN5O/c9-1-2-15-5-14-4-13-6-7(10)11-3-12-8(6)14/h3-4H,1-2,5H2,(H2,10,11,12). The topological polar surface area (TPSA) is 78.9 Å². The quantitative estimate of drug-likeness (QED) is 0.657. The van der Waals surface area contributed by atoms with E-state index in [1.165, 1.54) is 6.33 Å². The number of rotatable bonds is 4. The fraction of sp³-hybridized carbons (Fsp3) is 0.375. The van der Waals surface area contributed by atoms with E-state index in [1.54, 1.807) is 10.9 Å². The Morgan fingerprint density at radius 2 is 2.27 bits per heavy atom. The van der Waals surface area contributed by atoms with Crippen LogP contribution in [0.1, 0.15) is 0 Å². The van der Waals surface area contributed by atoms with E-state index in [0.717, 1.165) is 5.33 Å². The molecule has 0 aliphatic carbocycles. The smallest absolute Gasteiger partial charge is 0.167 e. The van der Waals surface area contributed by atoms with Gasteiger partial charge in [-0.25, -0.2) is 15.0 Å². The SMILES string of the molecule is Nc1ncnc2c1ncn2COCCBr. The van der Waals surface area contributed by atoms with E-state index in [9.17, 15) is 0 Å². The highest BCUT2D eigenvalue weighted by Gasteiger charge is 2.06. The Balaban J connectivity index is 2.25. The number of anilines is 1. The zero-order valence-electron chi connectivity index (χ0n) is 7.93. The Kier molecular flexibility index (Phi) is 3.12. The van der Waals surface area contributed by atoms with Gasteiger partial charge in [0, 0.05) is 5.33 Å². The first kappa shape index (κ1) is 10.3. The van der Waals surface area contributed by atoms with Gasteiger partial charge in [-0.05, 0) is 0 Å². The van der Waals surface area contributed by atoms with E-state index in [0.29, 0.717) is 30.3 Å². The summed E-state index contributed by atoms with van der Waals surface area (Å²) < 4.78 is 7.14. The molecule has 0 fully saturated rings. The summed E-state index contributed by atoms with van der Waals surface area (Å²) in [7, 11) is 0. The molecule has 0 unspecified atom stereocenters. The van der Waals surface area contributed by atoms with Crippen LogP contribution in [-0.2, 0) is 11.5 Å². The summed E-state index contributed by atoms with van der Waals surface area (Å²) >= 11 is 3.28. The lowest BCUT2D eigenvalue weighted by Gasteiger charge is -2.03. The number of alkyl halides is 1. The van der Waals surface area contributed by atoms with Crippen molar-refractivity contribution in [3.8, 4) is 0 Å². The van der Waals surface area contributed by atoms with Gasteiger partial charge in [0.2, 0.25) is 0 Å². The third-order valence-electron chi connectivity index (χ3n) is 1.88. The molecule has 0 bridgehead atoms. The van der Waals surface area contributed by atoms with Gasteiger partial charge in [0.05, 0.1) is 12.9 Å². The van der Waals surface area contributed by atoms with Crippen LogP contribution in [0.2, 0.25) is 0 Å². The largest absolute Gasteiger partial charge is 0.382 e. The molecular formula is C8H10BrN5O. The normalized spacial score (nSPS) is 11.0. The van der Waals surface area contributed by atoms with Gasteiger partial charge in [-0.2, -0.15) is 0 Å². The minimum absolute atomic E-state index is 0.388. The number of nitrogen functional groups attached to an aromatic ring is 1. The Hall–Kier alpha value is -1.21. The average Bonchev–Trinajstić information content (AvgIpc) is 2.64. The molecule has 2 rings (SSSR count). The molecule has 0 spiro atoms. The number of fused-ring (bicyclic) bond motifs is 1. The van der Waals surface area contributed by atoms with Crippen LogP contribution in [-0.4, -0.2) is 31.5 Å². The number of nitrogens with zero attached hydrogens (tertiary/aromatic N) is 4. The number of halogens is 1. The molecule has 7 heteroatoms. The van der Waals surface area contributed by atoms with Crippen molar-refractivity contribution in [3.63, 3.8) is 0 Å². The average molecular weight is 272 g/mol. The highest BCUT2D eigenvalue weighted by Crippen LogP contribution is 2.13. The molecule has 80 valence electrons. The van der Waals surface area contributed by atoms with Gasteiger partial charge in [0.15, 0.2) is 11.5 Å². The van der Waals surface area contributed by atoms with Crippen LogP contribution in [0.25, 0.3) is 11.2 Å². The molecule has 0 saturated carbocycles. The lowest BCUT2D eigenvalue weighted by atomic mass is 10.5. The van der Waals surface area contributed by atoms with Crippen LogP contribution in [0.5, 0.6) is 0 Å². The van der Waals surface area contributed by atoms with E-state index < -0.39 is 0 Å². The van der Waals surface area contributed by atoms with Crippen molar-refractivity contribution in [2.75, 3.05) is 17.7 Å². The summed E-state index contributed by atoms with van der Waals surface area (Å²) in [5.41, 5.74) is 6.95. The van der Waals surface area contributed by atoms with Gasteiger partial charge >= 0.3 is 0 Å². The van der Waals surface area contributed by atoms with Gasteiger partial charge in [-0.3, -0.25) is 4.57 Å². The fourth-order valence-corrected chi connectivity index (χ4v) is 1.44. The Morgan fingerprint density at radius 1 is 1.40 bits per heavy atom. The number of imidazole rings is 1. The number of hydrogen-bond acceptors (Lipinski definition) is 5. The molecule has 2 aromatic rings. The van der Waals surface area contributed by atoms with Crippen LogP contribution < -0.4 is 5.73 Å². The summed E-state index contributed by atoms with van der Waals surface area (Å²) in [5, 5.41) is 0.802. The van der Waals surface area contributed by atoms with Gasteiger partial charge in [-0.1, -0.05) is 15.9 Å².